The van der Waals surface area contributed by atoms with E-state index in [-0.39, 0.29) is 15.8 Å². The third-order valence-corrected chi connectivity index (χ3v) is 10.0. The van der Waals surface area contributed by atoms with Gasteiger partial charge in [0.25, 0.3) is 5.56 Å². The molecular formula is C21H25Cl2N3O4S2. The molecule has 2 saturated carbocycles. The number of hydrogen-bond donors (Lipinski definition) is 1. The second kappa shape index (κ2) is 9.44. The molecule has 32 heavy (non-hydrogen) atoms. The summed E-state index contributed by atoms with van der Waals surface area (Å²) in [6, 6.07) is 0.599. The van der Waals surface area contributed by atoms with E-state index < -0.39 is 26.7 Å². The molecular weight excluding hydrogens is 493 g/mol. The van der Waals surface area contributed by atoms with Gasteiger partial charge in [-0.25, -0.2) is 13.4 Å². The molecule has 0 radical (unpaired) electrons. The Morgan fingerprint density at radius 1 is 1.25 bits per heavy atom. The molecule has 2 aromatic heterocycles. The fourth-order valence-corrected chi connectivity index (χ4v) is 7.49. The van der Waals surface area contributed by atoms with E-state index in [1.807, 2.05) is 0 Å². The minimum Gasteiger partial charge on any atom is -0.300 e. The number of halogens is 2. The standard InChI is InChI=1S/C21H25Cl2N3O4S2/c1-12-9-16(32(29,30)14-7-8-14)18(23)20(28)26(12)15(10-13-5-3-2-4-6-13)19(27)25-21-24-11-17(22)31-21/h9,11,13-15H,2-8,10H2,1H3,(H,24,25,27)/t15-/m1/s1. The maximum absolute atomic E-state index is 13.3. The molecule has 2 heterocycles. The summed E-state index contributed by atoms with van der Waals surface area (Å²) >= 11 is 13.4. The summed E-state index contributed by atoms with van der Waals surface area (Å²) in [5, 5.41) is 2.28. The van der Waals surface area contributed by atoms with E-state index in [0.717, 1.165) is 37.0 Å². The van der Waals surface area contributed by atoms with Crippen molar-refractivity contribution in [3.8, 4) is 0 Å². The Balaban J connectivity index is 1.73. The normalized spacial score (nSPS) is 18.5. The molecule has 2 fully saturated rings. The first-order valence-corrected chi connectivity index (χ1v) is 13.9. The number of amides is 1. The predicted molar refractivity (Wildman–Crippen MR) is 127 cm³/mol. The second-order valence-electron chi connectivity index (χ2n) is 8.60. The molecule has 7 nitrogen and oxygen atoms in total. The van der Waals surface area contributed by atoms with Crippen LogP contribution in [0.4, 0.5) is 5.13 Å². The van der Waals surface area contributed by atoms with Crippen LogP contribution < -0.4 is 10.9 Å². The van der Waals surface area contributed by atoms with Gasteiger partial charge in [-0.15, -0.1) is 0 Å². The molecule has 0 bridgehead atoms. The summed E-state index contributed by atoms with van der Waals surface area (Å²) in [7, 11) is -3.65. The van der Waals surface area contributed by atoms with E-state index in [4.69, 9.17) is 23.2 Å². The molecule has 1 atom stereocenters. The zero-order valence-electron chi connectivity index (χ0n) is 17.6. The monoisotopic (exact) mass is 517 g/mol. The van der Waals surface area contributed by atoms with Crippen LogP contribution in [0.15, 0.2) is 22.0 Å². The van der Waals surface area contributed by atoms with Gasteiger partial charge in [0.05, 0.1) is 16.3 Å². The van der Waals surface area contributed by atoms with E-state index in [0.29, 0.717) is 40.3 Å². The highest BCUT2D eigenvalue weighted by Gasteiger charge is 2.40. The number of sulfone groups is 1. The van der Waals surface area contributed by atoms with E-state index in [1.165, 1.54) is 23.3 Å². The second-order valence-corrected chi connectivity index (χ2v) is 12.8. The Labute approximate surface area is 201 Å². The molecule has 2 aromatic rings. The van der Waals surface area contributed by atoms with Crippen LogP contribution in [0.1, 0.15) is 63.1 Å². The van der Waals surface area contributed by atoms with Crippen molar-refractivity contribution < 1.29 is 13.2 Å². The zero-order chi connectivity index (χ0) is 23.0. The van der Waals surface area contributed by atoms with Gasteiger partial charge in [-0.2, -0.15) is 0 Å². The van der Waals surface area contributed by atoms with Gasteiger partial charge in [-0.1, -0.05) is 66.6 Å². The summed E-state index contributed by atoms with van der Waals surface area (Å²) in [6.45, 7) is 1.64. The number of anilines is 1. The van der Waals surface area contributed by atoms with Crippen molar-refractivity contribution in [1.82, 2.24) is 9.55 Å². The smallest absolute Gasteiger partial charge is 0.271 e. The fraction of sp³-hybridized carbons (Fsp3) is 0.571. The molecule has 0 unspecified atom stereocenters. The molecule has 0 aliphatic heterocycles. The molecule has 1 N–H and O–H groups in total. The van der Waals surface area contributed by atoms with Gasteiger partial charge in [0, 0.05) is 5.69 Å². The fourth-order valence-electron chi connectivity index (χ4n) is 4.42. The number of nitrogens with one attached hydrogen (secondary N) is 1. The van der Waals surface area contributed by atoms with Gasteiger partial charge in [0.15, 0.2) is 15.0 Å². The third-order valence-electron chi connectivity index (χ3n) is 6.22. The number of rotatable bonds is 7. The van der Waals surface area contributed by atoms with E-state index in [2.05, 4.69) is 10.3 Å². The van der Waals surface area contributed by atoms with Crippen LogP contribution in [-0.2, 0) is 14.6 Å². The highest BCUT2D eigenvalue weighted by atomic mass is 35.5. The number of thiazole rings is 1. The van der Waals surface area contributed by atoms with Crippen LogP contribution in [0.5, 0.6) is 0 Å². The summed E-state index contributed by atoms with van der Waals surface area (Å²) in [6.07, 6.45) is 8.39. The van der Waals surface area contributed by atoms with Gasteiger partial charge in [0.2, 0.25) is 5.91 Å². The molecule has 2 aliphatic carbocycles. The average Bonchev–Trinajstić information content (AvgIpc) is 3.54. The Morgan fingerprint density at radius 2 is 1.94 bits per heavy atom. The number of nitrogens with zero attached hydrogens (tertiary/aromatic N) is 2. The minimum absolute atomic E-state index is 0.135. The first-order valence-electron chi connectivity index (χ1n) is 10.8. The summed E-state index contributed by atoms with van der Waals surface area (Å²) < 4.78 is 27.3. The van der Waals surface area contributed by atoms with Crippen molar-refractivity contribution in [2.24, 2.45) is 5.92 Å². The molecule has 174 valence electrons. The van der Waals surface area contributed by atoms with Gasteiger partial charge in [-0.05, 0) is 38.2 Å². The molecule has 0 spiro atoms. The molecule has 2 aliphatic rings. The molecule has 1 amide bonds. The highest BCUT2D eigenvalue weighted by Crippen LogP contribution is 2.37. The Kier molecular flexibility index (Phi) is 7.00. The van der Waals surface area contributed by atoms with Gasteiger partial charge >= 0.3 is 0 Å². The van der Waals surface area contributed by atoms with Crippen LogP contribution in [0.2, 0.25) is 9.36 Å². The quantitative estimate of drug-likeness (QED) is 0.556. The van der Waals surface area contributed by atoms with Crippen LogP contribution in [-0.4, -0.2) is 29.1 Å². The first kappa shape index (κ1) is 23.7. The van der Waals surface area contributed by atoms with Crippen LogP contribution >= 0.6 is 34.5 Å². The van der Waals surface area contributed by atoms with Crippen molar-refractivity contribution in [2.75, 3.05) is 5.32 Å². The number of hydrogen-bond acceptors (Lipinski definition) is 6. The summed E-state index contributed by atoms with van der Waals surface area (Å²) in [5.41, 5.74) is -0.259. The Bertz CT molecular complexity index is 1180. The zero-order valence-corrected chi connectivity index (χ0v) is 20.8. The van der Waals surface area contributed by atoms with E-state index in [1.54, 1.807) is 6.92 Å². The Hall–Kier alpha value is -1.42. The summed E-state index contributed by atoms with van der Waals surface area (Å²) in [5.74, 6) is -0.0972. The SMILES string of the molecule is Cc1cc(S(=O)(=O)C2CC2)c(Cl)c(=O)n1[C@H](CC1CCCCC1)C(=O)Nc1ncc(Cl)s1. The van der Waals surface area contributed by atoms with Crippen LogP contribution in [0.25, 0.3) is 0 Å². The number of pyridine rings is 1. The topological polar surface area (TPSA) is 98.1 Å². The number of carbonyl (C=O) groups excluding carboxylic acids is 1. The highest BCUT2D eigenvalue weighted by molar-refractivity contribution is 7.92. The van der Waals surface area contributed by atoms with Gasteiger partial charge in [-0.3, -0.25) is 14.2 Å². The predicted octanol–water partition coefficient (Wildman–Crippen LogP) is 5.01. The molecule has 0 aromatic carbocycles. The van der Waals surface area contributed by atoms with Crippen molar-refractivity contribution in [1.29, 1.82) is 0 Å². The average molecular weight is 518 g/mol. The summed E-state index contributed by atoms with van der Waals surface area (Å²) in [4.78, 5) is 30.5. The maximum atomic E-state index is 13.3. The van der Waals surface area contributed by atoms with Crippen LogP contribution in [0, 0.1) is 12.8 Å². The Morgan fingerprint density at radius 3 is 2.53 bits per heavy atom. The number of aryl methyl sites for hydroxylation is 1. The lowest BCUT2D eigenvalue weighted by atomic mass is 9.84. The number of aromatic nitrogens is 2. The lowest BCUT2D eigenvalue weighted by Gasteiger charge is -2.28. The van der Waals surface area contributed by atoms with Crippen molar-refractivity contribution in [2.45, 2.75) is 74.5 Å². The largest absolute Gasteiger partial charge is 0.300 e. The maximum Gasteiger partial charge on any atom is 0.271 e. The lowest BCUT2D eigenvalue weighted by molar-refractivity contribution is -0.120. The third kappa shape index (κ3) is 4.90. The minimum atomic E-state index is -3.65. The molecule has 11 heteroatoms. The first-order chi connectivity index (χ1) is 15.2. The van der Waals surface area contributed by atoms with E-state index >= 15 is 0 Å². The van der Waals surface area contributed by atoms with Gasteiger partial charge < -0.3 is 5.32 Å². The van der Waals surface area contributed by atoms with E-state index in [9.17, 15) is 18.0 Å². The van der Waals surface area contributed by atoms with Crippen molar-refractivity contribution in [3.63, 3.8) is 0 Å². The molecule has 4 rings (SSSR count). The van der Waals surface area contributed by atoms with Crippen LogP contribution in [0.3, 0.4) is 0 Å². The number of carbonyl (C=O) groups is 1. The molecule has 0 saturated heterocycles. The van der Waals surface area contributed by atoms with Crippen molar-refractivity contribution >= 4 is 55.4 Å². The lowest BCUT2D eigenvalue weighted by Crippen LogP contribution is -2.37. The van der Waals surface area contributed by atoms with Crippen molar-refractivity contribution in [3.05, 3.63) is 37.7 Å². The van der Waals surface area contributed by atoms with Gasteiger partial charge in [0.1, 0.15) is 15.4 Å².